The maximum Gasteiger partial charge on any atom is 0.265 e. The summed E-state index contributed by atoms with van der Waals surface area (Å²) in [5, 5.41) is 0.369. The normalized spacial score (nSPS) is 14.9. The van der Waals surface area contributed by atoms with E-state index in [1.165, 1.54) is 23.8 Å². The van der Waals surface area contributed by atoms with Gasteiger partial charge < -0.3 is 18.9 Å². The van der Waals surface area contributed by atoms with Gasteiger partial charge in [0.25, 0.3) is 5.91 Å². The average Bonchev–Trinajstić information content (AvgIpc) is 2.98. The van der Waals surface area contributed by atoms with Crippen LogP contribution in [0.25, 0.3) is 6.08 Å². The smallest absolute Gasteiger partial charge is 0.265 e. The van der Waals surface area contributed by atoms with Gasteiger partial charge in [-0.25, -0.2) is 0 Å². The summed E-state index contributed by atoms with van der Waals surface area (Å²) in [6.45, 7) is 0.578. The molecule has 0 unspecified atom stereocenters. The molecule has 1 amide bonds. The number of likely N-dealkylation sites (N-methyl/N-ethyl adjacent to an activating group) is 1. The topological polar surface area (TPSA) is 57.2 Å². The Labute approximate surface area is 189 Å². The van der Waals surface area contributed by atoms with Crippen LogP contribution < -0.4 is 18.9 Å². The summed E-state index contributed by atoms with van der Waals surface area (Å²) < 4.78 is 22.6. The van der Waals surface area contributed by atoms with Gasteiger partial charge in [0.15, 0.2) is 11.5 Å². The first-order valence-corrected chi connectivity index (χ1v) is 10.5. The van der Waals surface area contributed by atoms with Gasteiger partial charge in [-0.1, -0.05) is 41.6 Å². The van der Waals surface area contributed by atoms with E-state index in [9.17, 15) is 4.79 Å². The summed E-state index contributed by atoms with van der Waals surface area (Å²) in [6.07, 6.45) is 1.73. The number of rotatable bonds is 8. The van der Waals surface area contributed by atoms with E-state index in [1.54, 1.807) is 38.4 Å². The molecule has 158 valence electrons. The zero-order valence-electron chi connectivity index (χ0n) is 16.6. The first-order chi connectivity index (χ1) is 14.4. The molecular formula is C21H20ClNO5S2. The minimum Gasteiger partial charge on any atom is -0.497 e. The molecule has 2 aromatic carbocycles. The monoisotopic (exact) mass is 465 g/mol. The quantitative estimate of drug-likeness (QED) is 0.319. The number of hydrogen-bond acceptors (Lipinski definition) is 7. The molecule has 0 N–H and O–H groups in total. The number of amides is 1. The average molecular weight is 466 g/mol. The second-order valence-electron chi connectivity index (χ2n) is 6.15. The zero-order chi connectivity index (χ0) is 21.7. The third-order valence-electron chi connectivity index (χ3n) is 4.18. The third-order valence-corrected chi connectivity index (χ3v) is 5.94. The second kappa shape index (κ2) is 10.1. The molecule has 0 atom stereocenters. The molecule has 1 fully saturated rings. The summed E-state index contributed by atoms with van der Waals surface area (Å²) in [5.74, 6) is 2.12. The molecule has 0 aromatic heterocycles. The fourth-order valence-corrected chi connectivity index (χ4v) is 4.11. The fourth-order valence-electron chi connectivity index (χ4n) is 2.65. The number of benzene rings is 2. The molecule has 3 rings (SSSR count). The number of ether oxygens (including phenoxy) is 4. The van der Waals surface area contributed by atoms with Crippen molar-refractivity contribution < 1.29 is 23.7 Å². The van der Waals surface area contributed by atoms with Crippen LogP contribution in [0.5, 0.6) is 23.0 Å². The van der Waals surface area contributed by atoms with Crippen molar-refractivity contribution >= 4 is 51.9 Å². The highest BCUT2D eigenvalue weighted by Crippen LogP contribution is 2.38. The van der Waals surface area contributed by atoms with E-state index in [4.69, 9.17) is 42.8 Å². The van der Waals surface area contributed by atoms with Crippen LogP contribution in [0.4, 0.5) is 0 Å². The van der Waals surface area contributed by atoms with Crippen molar-refractivity contribution in [2.75, 3.05) is 34.5 Å². The van der Waals surface area contributed by atoms with Gasteiger partial charge in [0, 0.05) is 13.1 Å². The third kappa shape index (κ3) is 5.19. The van der Waals surface area contributed by atoms with Crippen LogP contribution in [0.2, 0.25) is 5.02 Å². The summed E-state index contributed by atoms with van der Waals surface area (Å²) in [6, 6.07) is 10.8. The highest BCUT2D eigenvalue weighted by atomic mass is 35.5. The van der Waals surface area contributed by atoms with Crippen molar-refractivity contribution in [3.05, 3.63) is 51.9 Å². The van der Waals surface area contributed by atoms with Crippen LogP contribution >= 0.6 is 35.6 Å². The molecule has 2 aromatic rings. The van der Waals surface area contributed by atoms with Gasteiger partial charge in [-0.2, -0.15) is 0 Å². The predicted octanol–water partition coefficient (Wildman–Crippen LogP) is 4.65. The highest BCUT2D eigenvalue weighted by Gasteiger charge is 2.28. The van der Waals surface area contributed by atoms with Crippen molar-refractivity contribution in [1.82, 2.24) is 4.90 Å². The Hall–Kier alpha value is -2.42. The van der Waals surface area contributed by atoms with Gasteiger partial charge in [-0.05, 0) is 35.9 Å². The number of hydrogen-bond donors (Lipinski definition) is 0. The van der Waals surface area contributed by atoms with Crippen molar-refractivity contribution in [1.29, 1.82) is 0 Å². The molecule has 1 aliphatic rings. The number of carbonyl (C=O) groups is 1. The van der Waals surface area contributed by atoms with Crippen LogP contribution in [0, 0.1) is 0 Å². The van der Waals surface area contributed by atoms with E-state index in [2.05, 4.69) is 0 Å². The van der Waals surface area contributed by atoms with Crippen molar-refractivity contribution in [2.45, 2.75) is 0 Å². The highest BCUT2D eigenvalue weighted by molar-refractivity contribution is 8.26. The van der Waals surface area contributed by atoms with Gasteiger partial charge in [-0.15, -0.1) is 0 Å². The number of halogens is 1. The van der Waals surface area contributed by atoms with Crippen molar-refractivity contribution in [3.8, 4) is 23.0 Å². The van der Waals surface area contributed by atoms with Crippen LogP contribution in [-0.2, 0) is 4.79 Å². The van der Waals surface area contributed by atoms with Crippen LogP contribution in [0.1, 0.15) is 5.56 Å². The zero-order valence-corrected chi connectivity index (χ0v) is 19.0. The Morgan fingerprint density at radius 2 is 1.83 bits per heavy atom. The lowest BCUT2D eigenvalue weighted by Crippen LogP contribution is -2.22. The van der Waals surface area contributed by atoms with Crippen LogP contribution in [0.15, 0.2) is 41.3 Å². The predicted molar refractivity (Wildman–Crippen MR) is 123 cm³/mol. The standard InChI is InChI=1S/C21H20ClNO5S2/c1-23-20(24)18(30-21(23)29)11-13-9-16(22)19(17(10-13)26-3)28-8-7-27-15-6-4-5-14(12-15)25-2/h4-6,9-12H,7-8H2,1-3H3/b18-11+. The molecule has 0 bridgehead atoms. The van der Waals surface area contributed by atoms with E-state index < -0.39 is 0 Å². The fraction of sp³-hybridized carbons (Fsp3) is 0.238. The Balaban J connectivity index is 1.67. The van der Waals surface area contributed by atoms with Gasteiger partial charge in [0.1, 0.15) is 29.0 Å². The maximum atomic E-state index is 12.2. The number of methoxy groups -OCH3 is 2. The molecule has 0 saturated carbocycles. The molecule has 6 nitrogen and oxygen atoms in total. The molecule has 30 heavy (non-hydrogen) atoms. The van der Waals surface area contributed by atoms with Gasteiger partial charge in [-0.3, -0.25) is 9.69 Å². The Bertz CT molecular complexity index is 995. The number of carbonyl (C=O) groups excluding carboxylic acids is 1. The molecule has 0 radical (unpaired) electrons. The minimum absolute atomic E-state index is 0.143. The molecule has 1 heterocycles. The molecule has 0 spiro atoms. The molecule has 1 aliphatic heterocycles. The molecule has 9 heteroatoms. The van der Waals surface area contributed by atoms with E-state index in [0.717, 1.165) is 0 Å². The summed E-state index contributed by atoms with van der Waals surface area (Å²) in [5.41, 5.74) is 0.714. The SMILES string of the molecule is COc1cccc(OCCOc2c(Cl)cc(/C=C3/SC(=S)N(C)C3=O)cc2OC)c1. The summed E-state index contributed by atoms with van der Waals surface area (Å²) in [4.78, 5) is 14.2. The Morgan fingerprint density at radius 1 is 1.10 bits per heavy atom. The van der Waals surface area contributed by atoms with E-state index >= 15 is 0 Å². The first-order valence-electron chi connectivity index (χ1n) is 8.91. The lowest BCUT2D eigenvalue weighted by molar-refractivity contribution is -0.121. The van der Waals surface area contributed by atoms with E-state index in [-0.39, 0.29) is 12.5 Å². The van der Waals surface area contributed by atoms with E-state index in [0.29, 0.717) is 49.4 Å². The molecule has 1 saturated heterocycles. The number of nitrogens with zero attached hydrogens (tertiary/aromatic N) is 1. The molecule has 0 aliphatic carbocycles. The summed E-state index contributed by atoms with van der Waals surface area (Å²) >= 11 is 12.8. The summed E-state index contributed by atoms with van der Waals surface area (Å²) in [7, 11) is 4.78. The van der Waals surface area contributed by atoms with Crippen LogP contribution in [-0.4, -0.2) is 49.6 Å². The number of thiocarbonyl (C=S) groups is 1. The maximum absolute atomic E-state index is 12.2. The lowest BCUT2D eigenvalue weighted by atomic mass is 10.2. The Morgan fingerprint density at radius 3 is 2.50 bits per heavy atom. The second-order valence-corrected chi connectivity index (χ2v) is 8.23. The van der Waals surface area contributed by atoms with Gasteiger partial charge in [0.2, 0.25) is 0 Å². The van der Waals surface area contributed by atoms with E-state index in [1.807, 2.05) is 18.2 Å². The largest absolute Gasteiger partial charge is 0.497 e. The van der Waals surface area contributed by atoms with Gasteiger partial charge >= 0.3 is 0 Å². The Kier molecular flexibility index (Phi) is 7.47. The minimum atomic E-state index is -0.143. The molecular weight excluding hydrogens is 446 g/mol. The first kappa shape index (κ1) is 22.3. The number of thioether (sulfide) groups is 1. The van der Waals surface area contributed by atoms with Gasteiger partial charge in [0.05, 0.1) is 24.1 Å². The van der Waals surface area contributed by atoms with Crippen LogP contribution in [0.3, 0.4) is 0 Å². The van der Waals surface area contributed by atoms with Crippen molar-refractivity contribution in [2.24, 2.45) is 0 Å². The van der Waals surface area contributed by atoms with Crippen molar-refractivity contribution in [3.63, 3.8) is 0 Å². The lowest BCUT2D eigenvalue weighted by Gasteiger charge is -2.14.